The van der Waals surface area contributed by atoms with Crippen molar-refractivity contribution in [3.8, 4) is 0 Å². The van der Waals surface area contributed by atoms with E-state index in [-0.39, 0.29) is 25.7 Å². The molecule has 0 aromatic carbocycles. The smallest absolute Gasteiger partial charge is 0.330 e. The van der Waals surface area contributed by atoms with Crippen LogP contribution in [0.1, 0.15) is 25.7 Å². The Morgan fingerprint density at radius 3 is 2.32 bits per heavy atom. The SMILES string of the molecule is O=C(O)C1CCC(O)(COCC(F)(F)C(F)F)CC1. The minimum absolute atomic E-state index is 0.0875. The maximum Gasteiger partial charge on any atom is 0.330 e. The summed E-state index contributed by atoms with van der Waals surface area (Å²) in [6, 6.07) is 0. The second-order valence-electron chi connectivity index (χ2n) is 4.89. The lowest BCUT2D eigenvalue weighted by Crippen LogP contribution is -2.42. The Morgan fingerprint density at radius 1 is 1.37 bits per heavy atom. The van der Waals surface area contributed by atoms with E-state index in [2.05, 4.69) is 4.74 Å². The summed E-state index contributed by atoms with van der Waals surface area (Å²) in [4.78, 5) is 10.7. The summed E-state index contributed by atoms with van der Waals surface area (Å²) >= 11 is 0. The Balaban J connectivity index is 2.36. The molecule has 0 amide bonds. The topological polar surface area (TPSA) is 66.8 Å². The Morgan fingerprint density at radius 2 is 1.89 bits per heavy atom. The second-order valence-corrected chi connectivity index (χ2v) is 4.89. The molecule has 4 nitrogen and oxygen atoms in total. The van der Waals surface area contributed by atoms with Crippen LogP contribution in [0.5, 0.6) is 0 Å². The zero-order valence-corrected chi connectivity index (χ0v) is 10.1. The van der Waals surface area contributed by atoms with Crippen LogP contribution in [-0.4, -0.2) is 47.3 Å². The average Bonchev–Trinajstić information content (AvgIpc) is 2.28. The lowest BCUT2D eigenvalue weighted by atomic mass is 9.79. The van der Waals surface area contributed by atoms with Gasteiger partial charge in [0.15, 0.2) is 0 Å². The third-order valence-electron chi connectivity index (χ3n) is 3.25. The van der Waals surface area contributed by atoms with Crippen molar-refractivity contribution in [1.82, 2.24) is 0 Å². The number of rotatable bonds is 6. The number of carboxylic acids is 1. The number of alkyl halides is 4. The molecule has 0 aromatic rings. The fraction of sp³-hybridized carbons (Fsp3) is 0.909. The Hall–Kier alpha value is -0.890. The third kappa shape index (κ3) is 4.61. The monoisotopic (exact) mass is 288 g/mol. The highest BCUT2D eigenvalue weighted by Crippen LogP contribution is 2.33. The molecule has 0 saturated heterocycles. The van der Waals surface area contributed by atoms with Crippen molar-refractivity contribution in [2.75, 3.05) is 13.2 Å². The molecule has 0 aliphatic heterocycles. The van der Waals surface area contributed by atoms with Crippen molar-refractivity contribution in [2.24, 2.45) is 5.92 Å². The first kappa shape index (κ1) is 16.2. The van der Waals surface area contributed by atoms with Gasteiger partial charge in [0.25, 0.3) is 0 Å². The maximum absolute atomic E-state index is 12.6. The van der Waals surface area contributed by atoms with E-state index in [1.165, 1.54) is 0 Å². The molecule has 2 N–H and O–H groups in total. The van der Waals surface area contributed by atoms with Gasteiger partial charge in [0, 0.05) is 0 Å². The predicted molar refractivity (Wildman–Crippen MR) is 56.3 cm³/mol. The van der Waals surface area contributed by atoms with Crippen molar-refractivity contribution in [2.45, 2.75) is 43.6 Å². The summed E-state index contributed by atoms with van der Waals surface area (Å²) < 4.78 is 53.3. The van der Waals surface area contributed by atoms with Gasteiger partial charge in [0.1, 0.15) is 6.61 Å². The zero-order chi connectivity index (χ0) is 14.7. The highest BCUT2D eigenvalue weighted by Gasteiger charge is 2.42. The molecule has 1 saturated carbocycles. The van der Waals surface area contributed by atoms with Crippen LogP contribution in [0.15, 0.2) is 0 Å². The third-order valence-corrected chi connectivity index (χ3v) is 3.25. The molecule has 0 heterocycles. The Bertz CT molecular complexity index is 314. The fourth-order valence-electron chi connectivity index (χ4n) is 1.99. The molecule has 0 bridgehead atoms. The summed E-state index contributed by atoms with van der Waals surface area (Å²) in [7, 11) is 0. The van der Waals surface area contributed by atoms with Crippen molar-refractivity contribution in [1.29, 1.82) is 0 Å². The minimum atomic E-state index is -4.24. The number of aliphatic carboxylic acids is 1. The number of carboxylic acid groups (broad SMARTS) is 1. The predicted octanol–water partition coefficient (Wildman–Crippen LogP) is 1.91. The normalized spacial score (nSPS) is 28.6. The molecule has 1 fully saturated rings. The highest BCUT2D eigenvalue weighted by molar-refractivity contribution is 5.70. The van der Waals surface area contributed by atoms with Crippen LogP contribution in [0.25, 0.3) is 0 Å². The van der Waals surface area contributed by atoms with Crippen LogP contribution < -0.4 is 0 Å². The summed E-state index contributed by atoms with van der Waals surface area (Å²) in [5.41, 5.74) is -1.41. The quantitative estimate of drug-likeness (QED) is 0.733. The van der Waals surface area contributed by atoms with Gasteiger partial charge in [0.2, 0.25) is 0 Å². The van der Waals surface area contributed by atoms with E-state index in [1.54, 1.807) is 0 Å². The molecule has 8 heteroatoms. The van der Waals surface area contributed by atoms with Crippen LogP contribution in [0.3, 0.4) is 0 Å². The summed E-state index contributed by atoms with van der Waals surface area (Å²) in [6.45, 7) is -1.96. The molecule has 0 spiro atoms. The van der Waals surface area contributed by atoms with Crippen LogP contribution in [0.2, 0.25) is 0 Å². The minimum Gasteiger partial charge on any atom is -0.481 e. The van der Waals surface area contributed by atoms with Crippen LogP contribution in [0.4, 0.5) is 17.6 Å². The standard InChI is InChI=1S/C11H16F4O4/c12-9(13)11(14,15)6-19-5-10(18)3-1-7(2-4-10)8(16)17/h7,9,18H,1-6H2,(H,16,17). The first-order chi connectivity index (χ1) is 8.66. The molecule has 1 aliphatic rings. The van der Waals surface area contributed by atoms with E-state index in [1.807, 2.05) is 0 Å². The van der Waals surface area contributed by atoms with Crippen molar-refractivity contribution < 1.29 is 37.3 Å². The van der Waals surface area contributed by atoms with Crippen LogP contribution in [-0.2, 0) is 9.53 Å². The molecule has 0 unspecified atom stereocenters. The largest absolute Gasteiger partial charge is 0.481 e. The van der Waals surface area contributed by atoms with Gasteiger partial charge in [0.05, 0.1) is 18.1 Å². The Kier molecular flexibility index (Phi) is 5.14. The first-order valence-corrected chi connectivity index (χ1v) is 5.85. The highest BCUT2D eigenvalue weighted by atomic mass is 19.3. The molecular formula is C11H16F4O4. The molecule has 1 rings (SSSR count). The van der Waals surface area contributed by atoms with Gasteiger partial charge >= 0.3 is 18.3 Å². The van der Waals surface area contributed by atoms with Gasteiger partial charge in [-0.2, -0.15) is 8.78 Å². The molecule has 0 radical (unpaired) electrons. The van der Waals surface area contributed by atoms with Crippen LogP contribution in [0, 0.1) is 5.92 Å². The molecule has 19 heavy (non-hydrogen) atoms. The van der Waals surface area contributed by atoms with Gasteiger partial charge in [-0.3, -0.25) is 4.79 Å². The number of aliphatic hydroxyl groups is 1. The summed E-state index contributed by atoms with van der Waals surface area (Å²) in [5.74, 6) is -5.77. The van der Waals surface area contributed by atoms with E-state index in [4.69, 9.17) is 5.11 Å². The average molecular weight is 288 g/mol. The molecule has 1 aliphatic carbocycles. The van der Waals surface area contributed by atoms with Crippen molar-refractivity contribution in [3.05, 3.63) is 0 Å². The van der Waals surface area contributed by atoms with Crippen molar-refractivity contribution >= 4 is 5.97 Å². The van der Waals surface area contributed by atoms with E-state index < -0.39 is 43.0 Å². The summed E-state index contributed by atoms with van der Waals surface area (Å²) in [6.07, 6.45) is -3.22. The lowest BCUT2D eigenvalue weighted by Gasteiger charge is -2.34. The van der Waals surface area contributed by atoms with E-state index in [9.17, 15) is 27.5 Å². The molecule has 0 atom stereocenters. The van der Waals surface area contributed by atoms with E-state index >= 15 is 0 Å². The van der Waals surface area contributed by atoms with E-state index in [0.29, 0.717) is 0 Å². The number of hydrogen-bond donors (Lipinski definition) is 2. The summed E-state index contributed by atoms with van der Waals surface area (Å²) in [5, 5.41) is 18.7. The number of carbonyl (C=O) groups is 1. The van der Waals surface area contributed by atoms with Gasteiger partial charge < -0.3 is 14.9 Å². The molecule has 0 aromatic heterocycles. The Labute approximate surface area is 107 Å². The zero-order valence-electron chi connectivity index (χ0n) is 10.1. The fourth-order valence-corrected chi connectivity index (χ4v) is 1.99. The number of hydrogen-bond acceptors (Lipinski definition) is 3. The maximum atomic E-state index is 12.6. The van der Waals surface area contributed by atoms with Gasteiger partial charge in [-0.05, 0) is 25.7 Å². The molecular weight excluding hydrogens is 272 g/mol. The molecule has 112 valence electrons. The van der Waals surface area contributed by atoms with Gasteiger partial charge in [-0.15, -0.1) is 0 Å². The van der Waals surface area contributed by atoms with E-state index in [0.717, 1.165) is 0 Å². The number of halogens is 4. The number of ether oxygens (including phenoxy) is 1. The first-order valence-electron chi connectivity index (χ1n) is 5.85. The van der Waals surface area contributed by atoms with Gasteiger partial charge in [-0.25, -0.2) is 8.78 Å². The lowest BCUT2D eigenvalue weighted by molar-refractivity contribution is -0.182. The second kappa shape index (κ2) is 6.04. The van der Waals surface area contributed by atoms with Crippen LogP contribution >= 0.6 is 0 Å². The van der Waals surface area contributed by atoms with Gasteiger partial charge in [-0.1, -0.05) is 0 Å². The van der Waals surface area contributed by atoms with Crippen molar-refractivity contribution in [3.63, 3.8) is 0 Å².